The number of aliphatic hydroxyl groups is 1. The largest absolute Gasteiger partial charge is 0.472 e. The lowest BCUT2D eigenvalue weighted by atomic mass is 9.84. The normalized spacial score (nSPS) is 46.4. The second-order valence-electron chi connectivity index (χ2n) is 4.13. The summed E-state index contributed by atoms with van der Waals surface area (Å²) in [5, 5.41) is 9.60. The Morgan fingerprint density at radius 3 is 2.92 bits per heavy atom. The van der Waals surface area contributed by atoms with Crippen LogP contribution in [0.1, 0.15) is 26.7 Å². The maximum Gasteiger partial charge on any atom is 0.200 e. The van der Waals surface area contributed by atoms with Gasteiger partial charge in [-0.1, -0.05) is 6.92 Å². The minimum Gasteiger partial charge on any atom is -0.472 e. The third-order valence-corrected chi connectivity index (χ3v) is 3.36. The Morgan fingerprint density at radius 2 is 2.25 bits per heavy atom. The highest BCUT2D eigenvalue weighted by atomic mass is 16.6. The van der Waals surface area contributed by atoms with E-state index in [1.165, 1.54) is 18.4 Å². The van der Waals surface area contributed by atoms with Crippen molar-refractivity contribution in [3.8, 4) is 0 Å². The highest BCUT2D eigenvalue weighted by Crippen LogP contribution is 2.45. The van der Waals surface area contributed by atoms with Gasteiger partial charge in [-0.05, 0) is 37.2 Å². The van der Waals surface area contributed by atoms with Gasteiger partial charge in [-0.15, -0.1) is 0 Å². The van der Waals surface area contributed by atoms with Crippen molar-refractivity contribution >= 4 is 0 Å². The molecule has 0 amide bonds. The third-order valence-electron chi connectivity index (χ3n) is 3.36. The van der Waals surface area contributed by atoms with Gasteiger partial charge in [0.15, 0.2) is 6.29 Å². The Hall–Kier alpha value is -0.500. The standard InChI is InChI=1S/C10H16O2/c1-6-3-4-8-7(2)5-12-10(11)9(6)8/h5-6,8-11H,3-4H2,1-2H3/t6-,8-,9-,10-/m1/s1. The van der Waals surface area contributed by atoms with Crippen LogP contribution < -0.4 is 0 Å². The quantitative estimate of drug-likeness (QED) is 0.598. The van der Waals surface area contributed by atoms with Crippen molar-refractivity contribution in [1.29, 1.82) is 0 Å². The van der Waals surface area contributed by atoms with E-state index in [0.717, 1.165) is 0 Å². The number of hydrogen-bond acceptors (Lipinski definition) is 2. The van der Waals surface area contributed by atoms with Crippen molar-refractivity contribution < 1.29 is 9.84 Å². The minimum atomic E-state index is -0.559. The van der Waals surface area contributed by atoms with Crippen molar-refractivity contribution in [2.24, 2.45) is 17.8 Å². The van der Waals surface area contributed by atoms with Crippen molar-refractivity contribution in [3.63, 3.8) is 0 Å². The average molecular weight is 168 g/mol. The maximum absolute atomic E-state index is 9.60. The van der Waals surface area contributed by atoms with Crippen molar-refractivity contribution in [1.82, 2.24) is 0 Å². The van der Waals surface area contributed by atoms with E-state index in [0.29, 0.717) is 17.8 Å². The van der Waals surface area contributed by atoms with Gasteiger partial charge in [-0.3, -0.25) is 0 Å². The van der Waals surface area contributed by atoms with Crippen LogP contribution in [0.5, 0.6) is 0 Å². The molecule has 0 aromatic heterocycles. The van der Waals surface area contributed by atoms with Gasteiger partial charge in [0.05, 0.1) is 6.26 Å². The van der Waals surface area contributed by atoms with E-state index in [4.69, 9.17) is 4.74 Å². The first-order chi connectivity index (χ1) is 5.70. The van der Waals surface area contributed by atoms with Crippen LogP contribution in [0.4, 0.5) is 0 Å². The first-order valence-corrected chi connectivity index (χ1v) is 4.70. The third kappa shape index (κ3) is 1.06. The summed E-state index contributed by atoms with van der Waals surface area (Å²) >= 11 is 0. The van der Waals surface area contributed by atoms with Crippen molar-refractivity contribution in [2.75, 3.05) is 0 Å². The Morgan fingerprint density at radius 1 is 1.50 bits per heavy atom. The molecule has 1 aliphatic carbocycles. The molecular formula is C10H16O2. The van der Waals surface area contributed by atoms with Crippen LogP contribution in [-0.4, -0.2) is 11.4 Å². The van der Waals surface area contributed by atoms with Crippen LogP contribution in [0.3, 0.4) is 0 Å². The Balaban J connectivity index is 2.23. The van der Waals surface area contributed by atoms with Gasteiger partial charge >= 0.3 is 0 Å². The highest BCUT2D eigenvalue weighted by molar-refractivity contribution is 5.09. The molecule has 4 atom stereocenters. The lowest BCUT2D eigenvalue weighted by Crippen LogP contribution is -2.32. The fourth-order valence-corrected chi connectivity index (χ4v) is 2.59. The molecule has 2 aliphatic rings. The second-order valence-corrected chi connectivity index (χ2v) is 4.13. The second kappa shape index (κ2) is 2.77. The molecule has 2 nitrogen and oxygen atoms in total. The lowest BCUT2D eigenvalue weighted by molar-refractivity contribution is -0.121. The van der Waals surface area contributed by atoms with Gasteiger partial charge in [-0.25, -0.2) is 0 Å². The average Bonchev–Trinajstić information content (AvgIpc) is 2.42. The summed E-state index contributed by atoms with van der Waals surface area (Å²) < 4.78 is 5.17. The molecule has 1 heterocycles. The molecule has 0 spiro atoms. The fraction of sp³-hybridized carbons (Fsp3) is 0.800. The number of fused-ring (bicyclic) bond motifs is 1. The topological polar surface area (TPSA) is 29.5 Å². The van der Waals surface area contributed by atoms with Crippen LogP contribution >= 0.6 is 0 Å². The molecule has 0 saturated heterocycles. The zero-order valence-electron chi connectivity index (χ0n) is 7.66. The fourth-order valence-electron chi connectivity index (χ4n) is 2.59. The Kier molecular flexibility index (Phi) is 1.87. The SMILES string of the molecule is CC1=CO[C@@H](O)[C@@H]2[C@H](C)CC[C@H]12. The number of hydrogen-bond donors (Lipinski definition) is 1. The van der Waals surface area contributed by atoms with Crippen molar-refractivity contribution in [3.05, 3.63) is 11.8 Å². The maximum atomic E-state index is 9.60. The van der Waals surface area contributed by atoms with E-state index < -0.39 is 6.29 Å². The van der Waals surface area contributed by atoms with Gasteiger partial charge in [0.25, 0.3) is 0 Å². The Bertz CT molecular complexity index is 210. The molecule has 2 rings (SSSR count). The summed E-state index contributed by atoms with van der Waals surface area (Å²) in [4.78, 5) is 0. The van der Waals surface area contributed by atoms with E-state index in [1.807, 2.05) is 0 Å². The predicted octanol–water partition coefficient (Wildman–Crippen LogP) is 1.90. The van der Waals surface area contributed by atoms with Crippen LogP contribution in [-0.2, 0) is 4.74 Å². The molecular weight excluding hydrogens is 152 g/mol. The monoisotopic (exact) mass is 168 g/mol. The van der Waals surface area contributed by atoms with Gasteiger partial charge in [0.2, 0.25) is 0 Å². The molecule has 0 aromatic rings. The van der Waals surface area contributed by atoms with Crippen LogP contribution in [0, 0.1) is 17.8 Å². The summed E-state index contributed by atoms with van der Waals surface area (Å²) in [5.41, 5.74) is 1.30. The summed E-state index contributed by atoms with van der Waals surface area (Å²) in [7, 11) is 0. The van der Waals surface area contributed by atoms with Gasteiger partial charge < -0.3 is 9.84 Å². The molecule has 1 aliphatic heterocycles. The number of allylic oxidation sites excluding steroid dienone is 1. The number of rotatable bonds is 0. The zero-order chi connectivity index (χ0) is 8.72. The molecule has 1 saturated carbocycles. The molecule has 1 N–H and O–H groups in total. The van der Waals surface area contributed by atoms with E-state index in [2.05, 4.69) is 13.8 Å². The van der Waals surface area contributed by atoms with E-state index in [9.17, 15) is 5.11 Å². The molecule has 0 bridgehead atoms. The summed E-state index contributed by atoms with van der Waals surface area (Å²) in [6.45, 7) is 4.30. The van der Waals surface area contributed by atoms with E-state index in [1.54, 1.807) is 6.26 Å². The number of aliphatic hydroxyl groups excluding tert-OH is 1. The predicted molar refractivity (Wildman–Crippen MR) is 46.2 cm³/mol. The molecule has 1 fully saturated rings. The lowest BCUT2D eigenvalue weighted by Gasteiger charge is -2.31. The summed E-state index contributed by atoms with van der Waals surface area (Å²) in [6, 6.07) is 0. The first kappa shape index (κ1) is 8.11. The van der Waals surface area contributed by atoms with Crippen LogP contribution in [0.2, 0.25) is 0 Å². The minimum absolute atomic E-state index is 0.343. The first-order valence-electron chi connectivity index (χ1n) is 4.70. The molecule has 68 valence electrons. The zero-order valence-corrected chi connectivity index (χ0v) is 7.66. The van der Waals surface area contributed by atoms with Gasteiger partial charge in [0, 0.05) is 5.92 Å². The Labute approximate surface area is 73.2 Å². The molecule has 0 radical (unpaired) electrons. The molecule has 0 aromatic carbocycles. The molecule has 0 unspecified atom stereocenters. The van der Waals surface area contributed by atoms with Crippen LogP contribution in [0.15, 0.2) is 11.8 Å². The van der Waals surface area contributed by atoms with Crippen molar-refractivity contribution in [2.45, 2.75) is 33.0 Å². The van der Waals surface area contributed by atoms with Gasteiger partial charge in [-0.2, -0.15) is 0 Å². The highest BCUT2D eigenvalue weighted by Gasteiger charge is 2.42. The summed E-state index contributed by atoms with van der Waals surface area (Å²) in [6.07, 6.45) is 3.61. The summed E-state index contributed by atoms with van der Waals surface area (Å²) in [5.74, 6) is 1.52. The molecule has 12 heavy (non-hydrogen) atoms. The van der Waals surface area contributed by atoms with Gasteiger partial charge in [0.1, 0.15) is 0 Å². The van der Waals surface area contributed by atoms with E-state index >= 15 is 0 Å². The molecule has 2 heteroatoms. The number of ether oxygens (including phenoxy) is 1. The van der Waals surface area contributed by atoms with Crippen LogP contribution in [0.25, 0.3) is 0 Å². The van der Waals surface area contributed by atoms with E-state index in [-0.39, 0.29) is 0 Å². The smallest absolute Gasteiger partial charge is 0.200 e.